The van der Waals surface area contributed by atoms with Gasteiger partial charge in [-0.05, 0) is 43.5 Å². The van der Waals surface area contributed by atoms with Crippen LogP contribution in [0.4, 0.5) is 10.1 Å². The van der Waals surface area contributed by atoms with Gasteiger partial charge in [0.05, 0.1) is 12.2 Å². The molecule has 0 saturated carbocycles. The number of rotatable bonds is 4. The zero-order chi connectivity index (χ0) is 17.8. The summed E-state index contributed by atoms with van der Waals surface area (Å²) in [5.74, 6) is -0.452. The monoisotopic (exact) mass is 352 g/mol. The zero-order valence-electron chi connectivity index (χ0n) is 14.2. The molecule has 2 N–H and O–H groups in total. The van der Waals surface area contributed by atoms with E-state index in [0.717, 1.165) is 5.69 Å². The molecule has 25 heavy (non-hydrogen) atoms. The van der Waals surface area contributed by atoms with E-state index < -0.39 is 12.2 Å². The van der Waals surface area contributed by atoms with Gasteiger partial charge in [0.1, 0.15) is 5.82 Å². The molecule has 3 rings (SSSR count). The van der Waals surface area contributed by atoms with Gasteiger partial charge in [-0.3, -0.25) is 4.79 Å². The van der Waals surface area contributed by atoms with E-state index in [0.29, 0.717) is 45.4 Å². The molecule has 0 bridgehead atoms. The molecule has 2 saturated heterocycles. The molecule has 1 aromatic rings. The maximum Gasteiger partial charge on any atom is 0.254 e. The van der Waals surface area contributed by atoms with Gasteiger partial charge >= 0.3 is 0 Å². The van der Waals surface area contributed by atoms with E-state index in [2.05, 4.69) is 4.90 Å². The first-order chi connectivity index (χ1) is 12.1. The van der Waals surface area contributed by atoms with E-state index in [1.54, 1.807) is 17.0 Å². The molecular formula is C18H25FN2O4. The van der Waals surface area contributed by atoms with Crippen LogP contribution in [-0.4, -0.2) is 72.1 Å². The second-order valence-electron chi connectivity index (χ2n) is 6.62. The minimum atomic E-state index is -0.845. The van der Waals surface area contributed by atoms with Crippen molar-refractivity contribution in [1.82, 2.24) is 4.90 Å². The van der Waals surface area contributed by atoms with E-state index in [-0.39, 0.29) is 24.4 Å². The second-order valence-corrected chi connectivity index (χ2v) is 6.62. The van der Waals surface area contributed by atoms with Crippen molar-refractivity contribution in [2.45, 2.75) is 37.6 Å². The van der Waals surface area contributed by atoms with Crippen molar-refractivity contribution < 1.29 is 24.1 Å². The highest BCUT2D eigenvalue weighted by Crippen LogP contribution is 2.24. The maximum atomic E-state index is 13.0. The van der Waals surface area contributed by atoms with Crippen LogP contribution in [0.5, 0.6) is 0 Å². The first kappa shape index (κ1) is 18.1. The van der Waals surface area contributed by atoms with Crippen molar-refractivity contribution in [2.75, 3.05) is 37.7 Å². The summed E-state index contributed by atoms with van der Waals surface area (Å²) in [6.45, 7) is 2.39. The lowest BCUT2D eigenvalue weighted by Crippen LogP contribution is -2.56. The van der Waals surface area contributed by atoms with Crippen molar-refractivity contribution in [3.63, 3.8) is 0 Å². The van der Waals surface area contributed by atoms with E-state index in [9.17, 15) is 14.3 Å². The Kier molecular flexibility index (Phi) is 5.88. The average Bonchev–Trinajstić information content (AvgIpc) is 2.64. The molecule has 1 aromatic carbocycles. The molecule has 0 spiro atoms. The summed E-state index contributed by atoms with van der Waals surface area (Å²) in [5.41, 5.74) is 0.936. The summed E-state index contributed by atoms with van der Waals surface area (Å²) in [4.78, 5) is 16.5. The summed E-state index contributed by atoms with van der Waals surface area (Å²) < 4.78 is 18.7. The molecule has 3 atom stereocenters. The van der Waals surface area contributed by atoms with Crippen molar-refractivity contribution in [2.24, 2.45) is 0 Å². The molecule has 0 unspecified atom stereocenters. The topological polar surface area (TPSA) is 73.2 Å². The van der Waals surface area contributed by atoms with Crippen molar-refractivity contribution in [3.8, 4) is 0 Å². The normalized spacial score (nSPS) is 27.4. The fourth-order valence-corrected chi connectivity index (χ4v) is 3.47. The highest BCUT2D eigenvalue weighted by Gasteiger charge is 2.38. The zero-order valence-corrected chi connectivity index (χ0v) is 14.2. The Bertz CT molecular complexity index is 575. The Hall–Kier alpha value is -1.70. The molecule has 0 radical (unpaired) electrons. The SMILES string of the molecule is O=C([C@H]1O[C@H](CCO)CC[C@@H]1O)N1CCN(c2ccc(F)cc2)CC1. The van der Waals surface area contributed by atoms with Gasteiger partial charge in [0.2, 0.25) is 0 Å². The third kappa shape index (κ3) is 4.29. The Morgan fingerprint density at radius 2 is 1.84 bits per heavy atom. The average molecular weight is 352 g/mol. The first-order valence-electron chi connectivity index (χ1n) is 8.82. The van der Waals surface area contributed by atoms with Crippen LogP contribution in [0.3, 0.4) is 0 Å². The highest BCUT2D eigenvalue weighted by atomic mass is 19.1. The van der Waals surface area contributed by atoms with E-state index in [1.165, 1.54) is 12.1 Å². The minimum absolute atomic E-state index is 0.0119. The minimum Gasteiger partial charge on any atom is -0.396 e. The van der Waals surface area contributed by atoms with Gasteiger partial charge in [-0.1, -0.05) is 0 Å². The third-order valence-electron chi connectivity index (χ3n) is 4.95. The lowest BCUT2D eigenvalue weighted by Gasteiger charge is -2.40. The molecule has 6 nitrogen and oxygen atoms in total. The molecule has 2 aliphatic heterocycles. The summed E-state index contributed by atoms with van der Waals surface area (Å²) in [6.07, 6.45) is -0.168. The van der Waals surface area contributed by atoms with Crippen LogP contribution >= 0.6 is 0 Å². The molecule has 7 heteroatoms. The number of aliphatic hydroxyl groups is 2. The Morgan fingerprint density at radius 1 is 1.16 bits per heavy atom. The van der Waals surface area contributed by atoms with Gasteiger partial charge < -0.3 is 24.7 Å². The standard InChI is InChI=1S/C18H25FN2O4/c19-13-1-3-14(4-2-13)20-8-10-21(11-9-20)18(24)17-16(23)6-5-15(25-17)7-12-22/h1-4,15-17,22-23H,5-12H2/t15-,16-,17-/m0/s1. The summed E-state index contributed by atoms with van der Waals surface area (Å²) in [7, 11) is 0. The molecule has 2 heterocycles. The Balaban J connectivity index is 1.56. The fourth-order valence-electron chi connectivity index (χ4n) is 3.47. The maximum absolute atomic E-state index is 13.0. The van der Waals surface area contributed by atoms with Crippen LogP contribution in [0, 0.1) is 5.82 Å². The van der Waals surface area contributed by atoms with Crippen LogP contribution in [0.15, 0.2) is 24.3 Å². The number of carbonyl (C=O) groups is 1. The van der Waals surface area contributed by atoms with Crippen LogP contribution in [0.25, 0.3) is 0 Å². The third-order valence-corrected chi connectivity index (χ3v) is 4.95. The van der Waals surface area contributed by atoms with Crippen molar-refractivity contribution in [1.29, 1.82) is 0 Å². The van der Waals surface area contributed by atoms with Crippen LogP contribution < -0.4 is 4.90 Å². The van der Waals surface area contributed by atoms with Crippen LogP contribution in [0.1, 0.15) is 19.3 Å². The predicted octanol–water partition coefficient (Wildman–Crippen LogP) is 0.765. The van der Waals surface area contributed by atoms with Gasteiger partial charge in [0, 0.05) is 38.5 Å². The smallest absolute Gasteiger partial charge is 0.254 e. The van der Waals surface area contributed by atoms with Crippen LogP contribution in [-0.2, 0) is 9.53 Å². The molecule has 2 fully saturated rings. The van der Waals surface area contributed by atoms with E-state index >= 15 is 0 Å². The lowest BCUT2D eigenvalue weighted by molar-refractivity contribution is -0.169. The number of hydrogen-bond donors (Lipinski definition) is 2. The Labute approximate surface area is 146 Å². The molecule has 1 amide bonds. The first-order valence-corrected chi connectivity index (χ1v) is 8.82. The number of anilines is 1. The number of nitrogens with zero attached hydrogens (tertiary/aromatic N) is 2. The highest BCUT2D eigenvalue weighted by molar-refractivity contribution is 5.82. The number of halogens is 1. The molecule has 138 valence electrons. The van der Waals surface area contributed by atoms with Crippen molar-refractivity contribution in [3.05, 3.63) is 30.1 Å². The number of carbonyl (C=O) groups excluding carboxylic acids is 1. The van der Waals surface area contributed by atoms with Crippen LogP contribution in [0.2, 0.25) is 0 Å². The molecular weight excluding hydrogens is 327 g/mol. The number of piperazine rings is 1. The molecule has 0 aromatic heterocycles. The van der Waals surface area contributed by atoms with Gasteiger partial charge in [-0.2, -0.15) is 0 Å². The second kappa shape index (κ2) is 8.12. The van der Waals surface area contributed by atoms with E-state index in [1.807, 2.05) is 0 Å². The number of benzene rings is 1. The van der Waals surface area contributed by atoms with Gasteiger partial charge in [0.15, 0.2) is 6.10 Å². The predicted molar refractivity (Wildman–Crippen MR) is 90.8 cm³/mol. The fraction of sp³-hybridized carbons (Fsp3) is 0.611. The van der Waals surface area contributed by atoms with Gasteiger partial charge in [-0.25, -0.2) is 4.39 Å². The summed E-state index contributed by atoms with van der Waals surface area (Å²) >= 11 is 0. The number of ether oxygens (including phenoxy) is 1. The van der Waals surface area contributed by atoms with Crippen molar-refractivity contribution >= 4 is 11.6 Å². The number of aliphatic hydroxyl groups excluding tert-OH is 2. The van der Waals surface area contributed by atoms with E-state index in [4.69, 9.17) is 9.84 Å². The summed E-state index contributed by atoms with van der Waals surface area (Å²) in [6, 6.07) is 6.33. The molecule has 2 aliphatic rings. The van der Waals surface area contributed by atoms with Gasteiger partial charge in [-0.15, -0.1) is 0 Å². The Morgan fingerprint density at radius 3 is 2.48 bits per heavy atom. The number of amides is 1. The number of hydrogen-bond acceptors (Lipinski definition) is 5. The quantitative estimate of drug-likeness (QED) is 0.837. The largest absolute Gasteiger partial charge is 0.396 e. The molecule has 0 aliphatic carbocycles. The van der Waals surface area contributed by atoms with Gasteiger partial charge in [0.25, 0.3) is 5.91 Å². The summed E-state index contributed by atoms with van der Waals surface area (Å²) in [5, 5.41) is 19.2. The lowest BCUT2D eigenvalue weighted by atomic mass is 9.98.